The van der Waals surface area contributed by atoms with Gasteiger partial charge >= 0.3 is 0 Å². The van der Waals surface area contributed by atoms with E-state index in [9.17, 15) is 0 Å². The van der Waals surface area contributed by atoms with Crippen LogP contribution in [0.2, 0.25) is 0 Å². The smallest absolute Gasteiger partial charge is 0.0320 e. The first kappa shape index (κ1) is 8.48. The van der Waals surface area contributed by atoms with E-state index in [-0.39, 0.29) is 0 Å². The van der Waals surface area contributed by atoms with Crippen molar-refractivity contribution in [2.24, 2.45) is 0 Å². The molecule has 0 rings (SSSR count). The van der Waals surface area contributed by atoms with Crippen LogP contribution in [0.4, 0.5) is 0 Å². The van der Waals surface area contributed by atoms with Crippen LogP contribution >= 0.6 is 0 Å². The second kappa shape index (κ2) is 4.37. The van der Waals surface area contributed by atoms with Gasteiger partial charge in [-0.25, -0.2) is 0 Å². The molecule has 0 unspecified atom stereocenters. The fourth-order valence-corrected chi connectivity index (χ4v) is 0.746. The zero-order chi connectivity index (χ0) is 7.28. The highest BCUT2D eigenvalue weighted by Gasteiger charge is 1.89. The summed E-state index contributed by atoms with van der Waals surface area (Å²) >= 11 is 0. The van der Waals surface area contributed by atoms with E-state index in [4.69, 9.17) is 0 Å². The molecule has 0 amide bonds. The van der Waals surface area contributed by atoms with Crippen LogP contribution in [-0.4, -0.2) is 0 Å². The summed E-state index contributed by atoms with van der Waals surface area (Å²) in [6.07, 6.45) is 4.36. The predicted octanol–water partition coefficient (Wildman–Crippen LogP) is 3.31. The standard InChI is InChI=1S/C9H16/c1-5-7-9(4)8(3)6-2/h6H,2,5,7H2,1,3-4H3/b9-8-. The summed E-state index contributed by atoms with van der Waals surface area (Å²) in [4.78, 5) is 0. The van der Waals surface area contributed by atoms with Crippen LogP contribution in [0.15, 0.2) is 23.8 Å². The highest BCUT2D eigenvalue weighted by atomic mass is 14.0. The highest BCUT2D eigenvalue weighted by Crippen LogP contribution is 2.09. The van der Waals surface area contributed by atoms with Crippen molar-refractivity contribution in [3.8, 4) is 0 Å². The molecule has 0 aliphatic heterocycles. The Morgan fingerprint density at radius 1 is 1.44 bits per heavy atom. The maximum absolute atomic E-state index is 3.71. The lowest BCUT2D eigenvalue weighted by Crippen LogP contribution is -1.78. The number of rotatable bonds is 3. The highest BCUT2D eigenvalue weighted by molar-refractivity contribution is 5.19. The fraction of sp³-hybridized carbons (Fsp3) is 0.556. The SMILES string of the molecule is C=C/C(C)=C(/C)CCC. The third kappa shape index (κ3) is 3.12. The van der Waals surface area contributed by atoms with E-state index in [0.29, 0.717) is 0 Å². The first-order chi connectivity index (χ1) is 4.22. The minimum atomic E-state index is 1.21. The molecular weight excluding hydrogens is 108 g/mol. The van der Waals surface area contributed by atoms with Crippen LogP contribution in [0, 0.1) is 0 Å². The zero-order valence-corrected chi connectivity index (χ0v) is 6.70. The number of hydrogen-bond acceptors (Lipinski definition) is 0. The molecule has 0 nitrogen and oxygen atoms in total. The molecular formula is C9H16. The molecule has 0 atom stereocenters. The van der Waals surface area contributed by atoms with Crippen LogP contribution in [-0.2, 0) is 0 Å². The van der Waals surface area contributed by atoms with Crippen LogP contribution in [0.3, 0.4) is 0 Å². The van der Waals surface area contributed by atoms with Gasteiger partial charge in [0, 0.05) is 0 Å². The monoisotopic (exact) mass is 124 g/mol. The molecule has 0 fully saturated rings. The minimum Gasteiger partial charge on any atom is -0.0988 e. The first-order valence-corrected chi connectivity index (χ1v) is 3.51. The molecule has 9 heavy (non-hydrogen) atoms. The van der Waals surface area contributed by atoms with Gasteiger partial charge in [0.25, 0.3) is 0 Å². The van der Waals surface area contributed by atoms with Gasteiger partial charge in [-0.2, -0.15) is 0 Å². The summed E-state index contributed by atoms with van der Waals surface area (Å²) in [5.41, 5.74) is 2.80. The van der Waals surface area contributed by atoms with Crippen molar-refractivity contribution in [2.45, 2.75) is 33.6 Å². The Morgan fingerprint density at radius 2 is 2.00 bits per heavy atom. The molecule has 0 aromatic carbocycles. The van der Waals surface area contributed by atoms with E-state index in [1.165, 1.54) is 24.0 Å². The molecule has 0 aromatic rings. The van der Waals surface area contributed by atoms with Gasteiger partial charge in [-0.1, -0.05) is 37.1 Å². The number of allylic oxidation sites excluding steroid dienone is 3. The van der Waals surface area contributed by atoms with E-state index in [2.05, 4.69) is 27.4 Å². The summed E-state index contributed by atoms with van der Waals surface area (Å²) in [6, 6.07) is 0. The average Bonchev–Trinajstić information content (AvgIpc) is 1.87. The predicted molar refractivity (Wildman–Crippen MR) is 43.5 cm³/mol. The van der Waals surface area contributed by atoms with Crippen molar-refractivity contribution in [2.75, 3.05) is 0 Å². The van der Waals surface area contributed by atoms with E-state index < -0.39 is 0 Å². The molecule has 0 N–H and O–H groups in total. The van der Waals surface area contributed by atoms with Gasteiger partial charge in [0.05, 0.1) is 0 Å². The van der Waals surface area contributed by atoms with E-state index >= 15 is 0 Å². The van der Waals surface area contributed by atoms with Gasteiger partial charge in [-0.05, 0) is 20.3 Å². The van der Waals surface area contributed by atoms with Gasteiger partial charge in [0.1, 0.15) is 0 Å². The summed E-state index contributed by atoms with van der Waals surface area (Å²) in [7, 11) is 0. The van der Waals surface area contributed by atoms with Gasteiger partial charge in [-0.15, -0.1) is 0 Å². The lowest BCUT2D eigenvalue weighted by molar-refractivity contribution is 0.895. The number of hydrogen-bond donors (Lipinski definition) is 0. The van der Waals surface area contributed by atoms with Gasteiger partial charge in [0.15, 0.2) is 0 Å². The van der Waals surface area contributed by atoms with Crippen molar-refractivity contribution in [3.63, 3.8) is 0 Å². The van der Waals surface area contributed by atoms with Gasteiger partial charge in [0.2, 0.25) is 0 Å². The Hall–Kier alpha value is -0.520. The lowest BCUT2D eigenvalue weighted by atomic mass is 10.1. The van der Waals surface area contributed by atoms with E-state index in [0.717, 1.165) is 0 Å². The molecule has 0 radical (unpaired) electrons. The fourth-order valence-electron chi connectivity index (χ4n) is 0.746. The molecule has 0 spiro atoms. The molecule has 0 bridgehead atoms. The van der Waals surface area contributed by atoms with Crippen LogP contribution in [0.5, 0.6) is 0 Å². The normalized spacial score (nSPS) is 12.8. The van der Waals surface area contributed by atoms with E-state index in [1.807, 2.05) is 6.08 Å². The first-order valence-electron chi connectivity index (χ1n) is 3.51. The Labute approximate surface area is 58.3 Å². The Kier molecular flexibility index (Phi) is 4.12. The Balaban J connectivity index is 3.93. The molecule has 52 valence electrons. The largest absolute Gasteiger partial charge is 0.0988 e. The van der Waals surface area contributed by atoms with Gasteiger partial charge in [-0.3, -0.25) is 0 Å². The minimum absolute atomic E-state index is 1.21. The van der Waals surface area contributed by atoms with Crippen molar-refractivity contribution in [1.82, 2.24) is 0 Å². The maximum Gasteiger partial charge on any atom is -0.0320 e. The van der Waals surface area contributed by atoms with Gasteiger partial charge < -0.3 is 0 Å². The molecule has 0 saturated carbocycles. The summed E-state index contributed by atoms with van der Waals surface area (Å²) < 4.78 is 0. The van der Waals surface area contributed by atoms with Crippen LogP contribution in [0.25, 0.3) is 0 Å². The van der Waals surface area contributed by atoms with Crippen molar-refractivity contribution in [1.29, 1.82) is 0 Å². The molecule has 0 heterocycles. The average molecular weight is 124 g/mol. The lowest BCUT2D eigenvalue weighted by Gasteiger charge is -1.99. The van der Waals surface area contributed by atoms with Crippen LogP contribution < -0.4 is 0 Å². The molecule has 0 aromatic heterocycles. The van der Waals surface area contributed by atoms with Crippen molar-refractivity contribution >= 4 is 0 Å². The third-order valence-corrected chi connectivity index (χ3v) is 1.60. The Morgan fingerprint density at radius 3 is 2.33 bits per heavy atom. The second-order valence-corrected chi connectivity index (χ2v) is 2.42. The summed E-state index contributed by atoms with van der Waals surface area (Å²) in [5, 5.41) is 0. The Bertz CT molecular complexity index is 118. The quantitative estimate of drug-likeness (QED) is 0.506. The van der Waals surface area contributed by atoms with Crippen molar-refractivity contribution in [3.05, 3.63) is 23.8 Å². The summed E-state index contributed by atoms with van der Waals surface area (Å²) in [6.45, 7) is 10.2. The van der Waals surface area contributed by atoms with Crippen LogP contribution in [0.1, 0.15) is 33.6 Å². The summed E-state index contributed by atoms with van der Waals surface area (Å²) in [5.74, 6) is 0. The third-order valence-electron chi connectivity index (χ3n) is 1.60. The zero-order valence-electron chi connectivity index (χ0n) is 6.70. The topological polar surface area (TPSA) is 0 Å². The molecule has 0 saturated heterocycles. The van der Waals surface area contributed by atoms with Crippen molar-refractivity contribution < 1.29 is 0 Å². The second-order valence-electron chi connectivity index (χ2n) is 2.42. The maximum atomic E-state index is 3.71. The molecule has 0 aliphatic rings. The molecule has 0 aliphatic carbocycles. The van der Waals surface area contributed by atoms with E-state index in [1.54, 1.807) is 0 Å². The molecule has 0 heteroatoms.